The molecule has 0 aromatic heterocycles. The number of piperidine rings is 1. The van der Waals surface area contributed by atoms with Crippen molar-refractivity contribution in [2.75, 3.05) is 37.7 Å². The average molecular weight is 453 g/mol. The van der Waals surface area contributed by atoms with Gasteiger partial charge in [0.05, 0.1) is 0 Å². The molecule has 180 valence electrons. The highest BCUT2D eigenvalue weighted by Crippen LogP contribution is 2.29. The Balaban J connectivity index is 1.73. The Morgan fingerprint density at radius 2 is 1.91 bits per heavy atom. The molecule has 1 aromatic rings. The van der Waals surface area contributed by atoms with E-state index in [9.17, 15) is 4.79 Å². The molecule has 0 aliphatic carbocycles. The van der Waals surface area contributed by atoms with Crippen molar-refractivity contribution in [2.24, 2.45) is 5.92 Å². The van der Waals surface area contributed by atoms with Crippen LogP contribution in [0.15, 0.2) is 24.6 Å². The molecule has 3 rings (SSSR count). The number of carbonyl (C=O) groups excluding carboxylic acids is 1. The van der Waals surface area contributed by atoms with Gasteiger partial charge in [-0.1, -0.05) is 11.8 Å². The molecular formula is C28H40N2O3. The fourth-order valence-electron chi connectivity index (χ4n) is 4.71. The van der Waals surface area contributed by atoms with Crippen LogP contribution in [0.4, 0.5) is 5.69 Å². The molecule has 33 heavy (non-hydrogen) atoms. The van der Waals surface area contributed by atoms with Crippen molar-refractivity contribution in [3.8, 4) is 11.8 Å². The minimum Gasteiger partial charge on any atom is -0.474 e. The van der Waals surface area contributed by atoms with Crippen LogP contribution in [0, 0.1) is 24.7 Å². The van der Waals surface area contributed by atoms with Crippen molar-refractivity contribution in [1.82, 2.24) is 4.90 Å². The number of carbonyl (C=O) groups is 1. The van der Waals surface area contributed by atoms with Gasteiger partial charge in [-0.3, -0.25) is 4.79 Å². The van der Waals surface area contributed by atoms with Crippen LogP contribution in [-0.2, 0) is 9.47 Å². The minimum atomic E-state index is -0.232. The van der Waals surface area contributed by atoms with Crippen LogP contribution in [0.2, 0.25) is 0 Å². The van der Waals surface area contributed by atoms with Crippen molar-refractivity contribution in [1.29, 1.82) is 0 Å². The van der Waals surface area contributed by atoms with Crippen LogP contribution in [-0.4, -0.2) is 55.7 Å². The lowest BCUT2D eigenvalue weighted by Gasteiger charge is -2.36. The van der Waals surface area contributed by atoms with Crippen LogP contribution in [0.3, 0.4) is 0 Å². The molecule has 0 bridgehead atoms. The van der Waals surface area contributed by atoms with Crippen LogP contribution in [0.1, 0.15) is 74.9 Å². The Hall–Kier alpha value is -2.45. The summed E-state index contributed by atoms with van der Waals surface area (Å²) < 4.78 is 11.5. The number of ether oxygens (including phenoxy) is 2. The Morgan fingerprint density at radius 1 is 1.24 bits per heavy atom. The molecule has 0 unspecified atom stereocenters. The van der Waals surface area contributed by atoms with Gasteiger partial charge in [0.15, 0.2) is 5.88 Å². The van der Waals surface area contributed by atoms with Gasteiger partial charge < -0.3 is 19.3 Å². The first-order valence-electron chi connectivity index (χ1n) is 12.3. The molecule has 0 N–H and O–H groups in total. The first-order chi connectivity index (χ1) is 15.7. The van der Waals surface area contributed by atoms with Gasteiger partial charge in [0, 0.05) is 61.6 Å². The summed E-state index contributed by atoms with van der Waals surface area (Å²) in [6.07, 6.45) is 4.97. The normalized spacial score (nSPS) is 17.8. The van der Waals surface area contributed by atoms with Gasteiger partial charge in [-0.2, -0.15) is 0 Å². The van der Waals surface area contributed by atoms with E-state index in [4.69, 9.17) is 9.47 Å². The molecule has 5 nitrogen and oxygen atoms in total. The summed E-state index contributed by atoms with van der Waals surface area (Å²) in [5.74, 6) is 7.96. The van der Waals surface area contributed by atoms with Crippen LogP contribution in [0.25, 0.3) is 0 Å². The molecule has 5 heteroatoms. The van der Waals surface area contributed by atoms with Crippen LogP contribution < -0.4 is 4.90 Å². The van der Waals surface area contributed by atoms with Gasteiger partial charge in [-0.25, -0.2) is 0 Å². The third-order valence-corrected chi connectivity index (χ3v) is 6.52. The second-order valence-electron chi connectivity index (χ2n) is 10.1. The number of nitrogens with zero attached hydrogens (tertiary/aromatic N) is 2. The largest absolute Gasteiger partial charge is 0.474 e. The molecule has 0 amide bonds. The molecule has 2 aliphatic rings. The molecule has 0 spiro atoms. The lowest BCUT2D eigenvalue weighted by atomic mass is 9.96. The molecule has 2 heterocycles. The Labute approximate surface area is 200 Å². The number of rotatable bonds is 6. The second kappa shape index (κ2) is 11.1. The van der Waals surface area contributed by atoms with Gasteiger partial charge >= 0.3 is 0 Å². The van der Waals surface area contributed by atoms with Crippen molar-refractivity contribution >= 4 is 12.0 Å². The SMILES string of the molecule is C=C(OC(C)(C)C)N1CCC(C#Cc2cc(C=O)c(C)c(N(CC)C3CCOCC3)c2)CC1. The Kier molecular flexibility index (Phi) is 8.48. The molecule has 1 aromatic carbocycles. The molecule has 2 saturated heterocycles. The highest BCUT2D eigenvalue weighted by atomic mass is 16.5. The van der Waals surface area contributed by atoms with E-state index in [-0.39, 0.29) is 5.60 Å². The van der Waals surface area contributed by atoms with Crippen molar-refractivity contribution in [3.05, 3.63) is 41.3 Å². The van der Waals surface area contributed by atoms with Crippen LogP contribution in [0.5, 0.6) is 0 Å². The zero-order chi connectivity index (χ0) is 24.0. The maximum absolute atomic E-state index is 11.8. The number of hydrogen-bond acceptors (Lipinski definition) is 5. The lowest BCUT2D eigenvalue weighted by molar-refractivity contribution is -0.00358. The predicted octanol–water partition coefficient (Wildman–Crippen LogP) is 5.16. The van der Waals surface area contributed by atoms with Gasteiger partial charge in [0.25, 0.3) is 0 Å². The molecular weight excluding hydrogens is 412 g/mol. The Morgan fingerprint density at radius 3 is 2.48 bits per heavy atom. The maximum atomic E-state index is 11.8. The summed E-state index contributed by atoms with van der Waals surface area (Å²) in [6, 6.07) is 4.55. The summed E-state index contributed by atoms with van der Waals surface area (Å²) in [4.78, 5) is 16.5. The average Bonchev–Trinajstić information content (AvgIpc) is 2.79. The highest BCUT2D eigenvalue weighted by molar-refractivity contribution is 5.82. The van der Waals surface area contributed by atoms with E-state index in [1.165, 1.54) is 0 Å². The van der Waals surface area contributed by atoms with E-state index in [1.807, 2.05) is 33.8 Å². The van der Waals surface area contributed by atoms with E-state index < -0.39 is 0 Å². The predicted molar refractivity (Wildman–Crippen MR) is 135 cm³/mol. The highest BCUT2D eigenvalue weighted by Gasteiger charge is 2.24. The molecule has 0 atom stereocenters. The number of hydrogen-bond donors (Lipinski definition) is 0. The summed E-state index contributed by atoms with van der Waals surface area (Å²) in [5, 5.41) is 0. The zero-order valence-electron chi connectivity index (χ0n) is 21.1. The van der Waals surface area contributed by atoms with Crippen molar-refractivity contribution < 1.29 is 14.3 Å². The first kappa shape index (κ1) is 25.2. The van der Waals surface area contributed by atoms with Gasteiger partial charge in [0.1, 0.15) is 11.9 Å². The monoisotopic (exact) mass is 452 g/mol. The lowest BCUT2D eigenvalue weighted by Crippen LogP contribution is -2.40. The first-order valence-corrected chi connectivity index (χ1v) is 12.3. The summed E-state index contributed by atoms with van der Waals surface area (Å²) >= 11 is 0. The smallest absolute Gasteiger partial charge is 0.182 e. The summed E-state index contributed by atoms with van der Waals surface area (Å²) in [7, 11) is 0. The fraction of sp³-hybridized carbons (Fsp3) is 0.607. The quantitative estimate of drug-likeness (QED) is 0.339. The zero-order valence-corrected chi connectivity index (χ0v) is 21.1. The molecule has 0 radical (unpaired) electrons. The maximum Gasteiger partial charge on any atom is 0.182 e. The molecule has 2 fully saturated rings. The van der Waals surface area contributed by atoms with E-state index >= 15 is 0 Å². The summed E-state index contributed by atoms with van der Waals surface area (Å²) in [5.41, 5.74) is 3.58. The van der Waals surface area contributed by atoms with Crippen LogP contribution >= 0.6 is 0 Å². The standard InChI is InChI=1S/C28H40N2O3/c1-7-30(26-12-16-32-17-13-26)27-19-24(18-25(20-31)21(27)2)9-8-23-10-14-29(15-11-23)22(3)33-28(4,5)6/h18-20,23,26H,3,7,10-17H2,1-2,4-6H3. The van der Waals surface area contributed by atoms with E-state index in [0.717, 1.165) is 93.1 Å². The van der Waals surface area contributed by atoms with Crippen molar-refractivity contribution in [3.63, 3.8) is 0 Å². The van der Waals surface area contributed by atoms with E-state index in [2.05, 4.69) is 41.2 Å². The van der Waals surface area contributed by atoms with Gasteiger partial charge in [0.2, 0.25) is 0 Å². The number of benzene rings is 1. The van der Waals surface area contributed by atoms with Gasteiger partial charge in [-0.05, 0) is 84.6 Å². The topological polar surface area (TPSA) is 42.0 Å². The number of aldehydes is 1. The summed E-state index contributed by atoms with van der Waals surface area (Å²) in [6.45, 7) is 18.8. The van der Waals surface area contributed by atoms with E-state index in [0.29, 0.717) is 12.0 Å². The second-order valence-corrected chi connectivity index (χ2v) is 10.1. The molecule has 2 aliphatic heterocycles. The number of likely N-dealkylation sites (tertiary alicyclic amines) is 1. The minimum absolute atomic E-state index is 0.232. The molecule has 0 saturated carbocycles. The van der Waals surface area contributed by atoms with Gasteiger partial charge in [-0.15, -0.1) is 0 Å². The van der Waals surface area contributed by atoms with E-state index in [1.54, 1.807) is 0 Å². The third kappa shape index (κ3) is 6.77. The van der Waals surface area contributed by atoms with Crippen molar-refractivity contribution in [2.45, 2.75) is 71.9 Å². The Bertz CT molecular complexity index is 892. The third-order valence-electron chi connectivity index (χ3n) is 6.52. The fourth-order valence-corrected chi connectivity index (χ4v) is 4.71. The number of anilines is 1.